The number of aromatic nitrogens is 4. The second kappa shape index (κ2) is 4.28. The summed E-state index contributed by atoms with van der Waals surface area (Å²) in [7, 11) is 0. The number of furan rings is 1. The van der Waals surface area contributed by atoms with Gasteiger partial charge in [0.15, 0.2) is 5.65 Å². The summed E-state index contributed by atoms with van der Waals surface area (Å²) in [5.74, 6) is -0.290. The van der Waals surface area contributed by atoms with Crippen molar-refractivity contribution in [3.05, 3.63) is 37.2 Å². The van der Waals surface area contributed by atoms with Gasteiger partial charge in [0, 0.05) is 6.07 Å². The SMILES string of the molecule is O=C(Cn1cnc2cncnc21)Oc1ccco1. The third kappa shape index (κ3) is 1.93. The number of rotatable bonds is 3. The average Bonchev–Trinajstić information content (AvgIpc) is 3.00. The number of fused-ring (bicyclic) bond motifs is 1. The maximum atomic E-state index is 11.6. The Labute approximate surface area is 101 Å². The Morgan fingerprint density at radius 2 is 2.39 bits per heavy atom. The minimum atomic E-state index is -0.456. The zero-order valence-electron chi connectivity index (χ0n) is 9.18. The van der Waals surface area contributed by atoms with Crippen LogP contribution in [-0.4, -0.2) is 25.5 Å². The van der Waals surface area contributed by atoms with Gasteiger partial charge in [0.05, 0.1) is 18.8 Å². The number of ether oxygens (including phenoxy) is 1. The van der Waals surface area contributed by atoms with Crippen LogP contribution in [0.1, 0.15) is 0 Å². The number of imidazole rings is 1. The van der Waals surface area contributed by atoms with Crippen LogP contribution in [0.5, 0.6) is 5.95 Å². The molecule has 18 heavy (non-hydrogen) atoms. The van der Waals surface area contributed by atoms with Crippen LogP contribution in [0.25, 0.3) is 11.2 Å². The number of esters is 1. The molecule has 0 atom stereocenters. The van der Waals surface area contributed by atoms with E-state index in [1.165, 1.54) is 18.9 Å². The number of hydrogen-bond acceptors (Lipinski definition) is 6. The van der Waals surface area contributed by atoms with Crippen molar-refractivity contribution in [2.75, 3.05) is 0 Å². The molecule has 3 aromatic heterocycles. The van der Waals surface area contributed by atoms with Gasteiger partial charge < -0.3 is 13.7 Å². The van der Waals surface area contributed by atoms with Gasteiger partial charge in [0.1, 0.15) is 18.4 Å². The highest BCUT2D eigenvalue weighted by Crippen LogP contribution is 2.11. The van der Waals surface area contributed by atoms with Gasteiger partial charge in [0.25, 0.3) is 5.95 Å². The highest BCUT2D eigenvalue weighted by Gasteiger charge is 2.11. The molecule has 0 aliphatic carbocycles. The molecule has 0 N–H and O–H groups in total. The molecule has 0 bridgehead atoms. The molecule has 7 nitrogen and oxygen atoms in total. The van der Waals surface area contributed by atoms with Crippen molar-refractivity contribution in [2.24, 2.45) is 0 Å². The van der Waals surface area contributed by atoms with E-state index in [0.29, 0.717) is 11.2 Å². The van der Waals surface area contributed by atoms with Gasteiger partial charge in [-0.1, -0.05) is 0 Å². The lowest BCUT2D eigenvalue weighted by molar-refractivity contribution is -0.136. The van der Waals surface area contributed by atoms with E-state index in [0.717, 1.165) is 0 Å². The summed E-state index contributed by atoms with van der Waals surface area (Å²) in [5, 5.41) is 0. The number of carbonyl (C=O) groups excluding carboxylic acids is 1. The Bertz CT molecular complexity index is 674. The average molecular weight is 244 g/mol. The van der Waals surface area contributed by atoms with E-state index >= 15 is 0 Å². The van der Waals surface area contributed by atoms with Crippen molar-refractivity contribution in [2.45, 2.75) is 6.54 Å². The Morgan fingerprint density at radius 1 is 1.44 bits per heavy atom. The van der Waals surface area contributed by atoms with E-state index in [1.54, 1.807) is 22.9 Å². The fraction of sp³-hybridized carbons (Fsp3) is 0.0909. The van der Waals surface area contributed by atoms with Crippen molar-refractivity contribution in [1.29, 1.82) is 0 Å². The van der Waals surface area contributed by atoms with Crippen LogP contribution >= 0.6 is 0 Å². The van der Waals surface area contributed by atoms with Gasteiger partial charge in [0.2, 0.25) is 0 Å². The first-order valence-electron chi connectivity index (χ1n) is 5.18. The van der Waals surface area contributed by atoms with Gasteiger partial charge >= 0.3 is 5.97 Å². The van der Waals surface area contributed by atoms with Crippen molar-refractivity contribution in [3.8, 4) is 5.95 Å². The Hall–Kier alpha value is -2.70. The first kappa shape index (κ1) is 10.5. The van der Waals surface area contributed by atoms with Crippen LogP contribution in [-0.2, 0) is 11.3 Å². The summed E-state index contributed by atoms with van der Waals surface area (Å²) < 4.78 is 11.5. The van der Waals surface area contributed by atoms with Gasteiger partial charge in [-0.2, -0.15) is 0 Å². The van der Waals surface area contributed by atoms with Crippen LogP contribution in [0.3, 0.4) is 0 Å². The Balaban J connectivity index is 1.78. The Morgan fingerprint density at radius 3 is 3.22 bits per heavy atom. The van der Waals surface area contributed by atoms with Crippen LogP contribution in [0.15, 0.2) is 41.7 Å². The summed E-state index contributed by atoms with van der Waals surface area (Å²) >= 11 is 0. The first-order valence-corrected chi connectivity index (χ1v) is 5.18. The first-order chi connectivity index (χ1) is 8.83. The van der Waals surface area contributed by atoms with Crippen LogP contribution < -0.4 is 4.74 Å². The maximum Gasteiger partial charge on any atom is 0.333 e. The molecule has 7 heteroatoms. The van der Waals surface area contributed by atoms with E-state index in [1.807, 2.05) is 0 Å². The number of carbonyl (C=O) groups is 1. The fourth-order valence-corrected chi connectivity index (χ4v) is 1.54. The molecule has 0 saturated carbocycles. The molecule has 3 aromatic rings. The van der Waals surface area contributed by atoms with Crippen molar-refractivity contribution in [1.82, 2.24) is 19.5 Å². The Kier molecular flexibility index (Phi) is 2.49. The van der Waals surface area contributed by atoms with E-state index < -0.39 is 5.97 Å². The van der Waals surface area contributed by atoms with E-state index in [4.69, 9.17) is 9.15 Å². The molecule has 0 radical (unpaired) electrons. The molecule has 0 unspecified atom stereocenters. The monoisotopic (exact) mass is 244 g/mol. The van der Waals surface area contributed by atoms with E-state index in [2.05, 4.69) is 15.0 Å². The molecule has 0 amide bonds. The van der Waals surface area contributed by atoms with E-state index in [-0.39, 0.29) is 12.5 Å². The lowest BCUT2D eigenvalue weighted by Crippen LogP contribution is -2.15. The van der Waals surface area contributed by atoms with Gasteiger partial charge in [-0.3, -0.25) is 0 Å². The van der Waals surface area contributed by atoms with E-state index in [9.17, 15) is 4.79 Å². The third-order valence-electron chi connectivity index (χ3n) is 2.29. The van der Waals surface area contributed by atoms with Gasteiger partial charge in [-0.05, 0) is 6.07 Å². The van der Waals surface area contributed by atoms with Crippen LogP contribution in [0.2, 0.25) is 0 Å². The minimum absolute atomic E-state index is 0.00815. The van der Waals surface area contributed by atoms with Crippen molar-refractivity contribution >= 4 is 17.1 Å². The highest BCUT2D eigenvalue weighted by molar-refractivity contribution is 5.75. The molecule has 0 spiro atoms. The molecule has 0 aliphatic rings. The predicted molar refractivity (Wildman–Crippen MR) is 59.7 cm³/mol. The van der Waals surface area contributed by atoms with Gasteiger partial charge in [-0.15, -0.1) is 0 Å². The maximum absolute atomic E-state index is 11.6. The fourth-order valence-electron chi connectivity index (χ4n) is 1.54. The van der Waals surface area contributed by atoms with Crippen LogP contribution in [0, 0.1) is 0 Å². The van der Waals surface area contributed by atoms with Gasteiger partial charge in [-0.25, -0.2) is 19.7 Å². The summed E-state index contributed by atoms with van der Waals surface area (Å²) in [6.07, 6.45) is 5.93. The normalized spacial score (nSPS) is 10.7. The standard InChI is InChI=1S/C11H8N4O3/c16-9(18-10-2-1-3-17-10)5-15-7-14-8-4-12-6-13-11(8)15/h1-4,6-7H,5H2. The molecule has 90 valence electrons. The summed E-state index contributed by atoms with van der Waals surface area (Å²) in [5.41, 5.74) is 1.21. The third-order valence-corrected chi connectivity index (χ3v) is 2.29. The van der Waals surface area contributed by atoms with Crippen molar-refractivity contribution in [3.63, 3.8) is 0 Å². The minimum Gasteiger partial charge on any atom is -0.434 e. The summed E-state index contributed by atoms with van der Waals surface area (Å²) in [4.78, 5) is 23.6. The largest absolute Gasteiger partial charge is 0.434 e. The molecule has 0 aromatic carbocycles. The molecule has 0 fully saturated rings. The number of hydrogen-bond donors (Lipinski definition) is 0. The molecular weight excluding hydrogens is 236 g/mol. The quantitative estimate of drug-likeness (QED) is 0.640. The zero-order chi connectivity index (χ0) is 12.4. The molecule has 3 heterocycles. The zero-order valence-corrected chi connectivity index (χ0v) is 9.18. The number of nitrogens with zero attached hydrogens (tertiary/aromatic N) is 4. The highest BCUT2D eigenvalue weighted by atomic mass is 16.6. The van der Waals surface area contributed by atoms with Crippen LogP contribution in [0.4, 0.5) is 0 Å². The smallest absolute Gasteiger partial charge is 0.333 e. The second-order valence-electron chi connectivity index (χ2n) is 3.51. The second-order valence-corrected chi connectivity index (χ2v) is 3.51. The lowest BCUT2D eigenvalue weighted by Gasteiger charge is -2.02. The topological polar surface area (TPSA) is 83.0 Å². The summed E-state index contributed by atoms with van der Waals surface area (Å²) in [6.45, 7) is 0.00815. The summed E-state index contributed by atoms with van der Waals surface area (Å²) in [6, 6.07) is 3.20. The predicted octanol–water partition coefficient (Wildman–Crippen LogP) is 1.02. The molecule has 0 aliphatic heterocycles. The van der Waals surface area contributed by atoms with Crippen molar-refractivity contribution < 1.29 is 13.9 Å². The molecule has 3 rings (SSSR count). The molecule has 0 saturated heterocycles. The lowest BCUT2D eigenvalue weighted by atomic mass is 10.5. The molecular formula is C11H8N4O3.